The zero-order chi connectivity index (χ0) is 20.1. The van der Waals surface area contributed by atoms with Gasteiger partial charge in [-0.1, -0.05) is 19.1 Å². The molecule has 6 nitrogen and oxygen atoms in total. The van der Waals surface area contributed by atoms with E-state index in [0.717, 1.165) is 35.6 Å². The fourth-order valence-electron chi connectivity index (χ4n) is 3.29. The molecule has 0 spiro atoms. The number of hydrogen-bond acceptors (Lipinski definition) is 6. The van der Waals surface area contributed by atoms with Crippen LogP contribution in [0.5, 0.6) is 0 Å². The number of sulfonamides is 1. The van der Waals surface area contributed by atoms with Crippen LogP contribution in [0.25, 0.3) is 0 Å². The Labute approximate surface area is 172 Å². The number of rotatable bonds is 8. The molecule has 0 radical (unpaired) electrons. The predicted molar refractivity (Wildman–Crippen MR) is 115 cm³/mol. The molecule has 0 saturated carbocycles. The van der Waals surface area contributed by atoms with Gasteiger partial charge in [0.2, 0.25) is 10.0 Å². The standard InChI is InChI=1S/C20H29N3O3S2/c1-4-18-9-10-20(27-18)28(24,25)21-15-19(23-11-13-26-14-12-23)16-5-7-17(8-6-16)22(2)3/h5-10,19,21H,4,11-15H2,1-3H3. The van der Waals surface area contributed by atoms with Crippen LogP contribution < -0.4 is 9.62 Å². The molecule has 2 heterocycles. The maximum atomic E-state index is 12.8. The molecule has 0 bridgehead atoms. The molecule has 3 rings (SSSR count). The van der Waals surface area contributed by atoms with Crippen LogP contribution in [0.2, 0.25) is 0 Å². The Morgan fingerprint density at radius 3 is 2.39 bits per heavy atom. The highest BCUT2D eigenvalue weighted by atomic mass is 32.2. The normalized spacial score (nSPS) is 16.8. The molecule has 1 unspecified atom stereocenters. The first-order valence-corrected chi connectivity index (χ1v) is 11.9. The summed E-state index contributed by atoms with van der Waals surface area (Å²) in [5.74, 6) is 0. The van der Waals surface area contributed by atoms with Gasteiger partial charge in [0, 0.05) is 50.3 Å². The number of ether oxygens (including phenoxy) is 1. The van der Waals surface area contributed by atoms with Crippen LogP contribution >= 0.6 is 11.3 Å². The highest BCUT2D eigenvalue weighted by Gasteiger charge is 2.25. The zero-order valence-corrected chi connectivity index (χ0v) is 18.4. The third-order valence-electron chi connectivity index (χ3n) is 5.00. The summed E-state index contributed by atoms with van der Waals surface area (Å²) in [7, 11) is 0.506. The van der Waals surface area contributed by atoms with Crippen molar-refractivity contribution in [2.24, 2.45) is 0 Å². The second-order valence-electron chi connectivity index (χ2n) is 7.08. The Bertz CT molecular complexity index is 857. The number of benzene rings is 1. The maximum absolute atomic E-state index is 12.8. The fourth-order valence-corrected chi connectivity index (χ4v) is 5.67. The Morgan fingerprint density at radius 1 is 1.14 bits per heavy atom. The molecule has 1 aromatic heterocycles. The van der Waals surface area contributed by atoms with Gasteiger partial charge in [0.15, 0.2) is 0 Å². The Balaban J connectivity index is 1.78. The molecule has 1 N–H and O–H groups in total. The molecule has 1 aliphatic heterocycles. The van der Waals surface area contributed by atoms with Crippen molar-refractivity contribution < 1.29 is 13.2 Å². The van der Waals surface area contributed by atoms with E-state index >= 15 is 0 Å². The van der Waals surface area contributed by atoms with E-state index in [-0.39, 0.29) is 6.04 Å². The summed E-state index contributed by atoms with van der Waals surface area (Å²) < 4.78 is 34.2. The predicted octanol–water partition coefficient (Wildman–Crippen LogP) is 2.73. The molecule has 28 heavy (non-hydrogen) atoms. The molecule has 1 saturated heterocycles. The number of morpholine rings is 1. The summed E-state index contributed by atoms with van der Waals surface area (Å²) in [6, 6.07) is 11.9. The van der Waals surface area contributed by atoms with E-state index in [0.29, 0.717) is 24.0 Å². The van der Waals surface area contributed by atoms with Crippen LogP contribution in [-0.2, 0) is 21.2 Å². The van der Waals surface area contributed by atoms with E-state index in [2.05, 4.69) is 38.8 Å². The molecular weight excluding hydrogens is 394 g/mol. The van der Waals surface area contributed by atoms with Crippen molar-refractivity contribution in [2.75, 3.05) is 51.8 Å². The third kappa shape index (κ3) is 5.12. The summed E-state index contributed by atoms with van der Waals surface area (Å²) in [4.78, 5) is 5.42. The van der Waals surface area contributed by atoms with Gasteiger partial charge in [-0.25, -0.2) is 13.1 Å². The largest absolute Gasteiger partial charge is 0.379 e. The molecule has 1 fully saturated rings. The van der Waals surface area contributed by atoms with Gasteiger partial charge in [0.05, 0.1) is 13.2 Å². The topological polar surface area (TPSA) is 61.9 Å². The summed E-state index contributed by atoms with van der Waals surface area (Å²) in [6.07, 6.45) is 0.842. The second kappa shape index (κ2) is 9.37. The Morgan fingerprint density at radius 2 is 1.82 bits per heavy atom. The smallest absolute Gasteiger partial charge is 0.250 e. The van der Waals surface area contributed by atoms with E-state index in [1.165, 1.54) is 11.3 Å². The van der Waals surface area contributed by atoms with Crippen LogP contribution in [-0.4, -0.2) is 60.3 Å². The number of nitrogens with zero attached hydrogens (tertiary/aromatic N) is 2. The van der Waals surface area contributed by atoms with Crippen LogP contribution in [0.3, 0.4) is 0 Å². The molecule has 8 heteroatoms. The van der Waals surface area contributed by atoms with Crippen molar-refractivity contribution in [1.29, 1.82) is 0 Å². The van der Waals surface area contributed by atoms with Crippen molar-refractivity contribution in [2.45, 2.75) is 23.6 Å². The lowest BCUT2D eigenvalue weighted by Gasteiger charge is -2.35. The molecule has 1 aromatic carbocycles. The first kappa shape index (κ1) is 21.3. The van der Waals surface area contributed by atoms with Crippen LogP contribution in [0.4, 0.5) is 5.69 Å². The highest BCUT2D eigenvalue weighted by Crippen LogP contribution is 2.26. The van der Waals surface area contributed by atoms with E-state index < -0.39 is 10.0 Å². The number of nitrogens with one attached hydrogen (secondary N) is 1. The summed E-state index contributed by atoms with van der Waals surface area (Å²) in [6.45, 7) is 5.29. The molecule has 154 valence electrons. The lowest BCUT2D eigenvalue weighted by Crippen LogP contribution is -2.43. The highest BCUT2D eigenvalue weighted by molar-refractivity contribution is 7.91. The average molecular weight is 424 g/mol. The van der Waals surface area contributed by atoms with Gasteiger partial charge < -0.3 is 9.64 Å². The summed E-state index contributed by atoms with van der Waals surface area (Å²) in [5.41, 5.74) is 2.23. The van der Waals surface area contributed by atoms with E-state index in [1.807, 2.05) is 27.1 Å². The molecule has 0 amide bonds. The Hall–Kier alpha value is -1.45. The molecule has 1 atom stereocenters. The minimum Gasteiger partial charge on any atom is -0.379 e. The average Bonchev–Trinajstić information content (AvgIpc) is 3.20. The zero-order valence-electron chi connectivity index (χ0n) is 16.7. The third-order valence-corrected chi connectivity index (χ3v) is 8.14. The van der Waals surface area contributed by atoms with Gasteiger partial charge >= 0.3 is 0 Å². The number of anilines is 1. The van der Waals surface area contributed by atoms with Crippen molar-refractivity contribution in [1.82, 2.24) is 9.62 Å². The van der Waals surface area contributed by atoms with Crippen molar-refractivity contribution in [3.8, 4) is 0 Å². The van der Waals surface area contributed by atoms with Gasteiger partial charge in [-0.3, -0.25) is 4.90 Å². The van der Waals surface area contributed by atoms with E-state index in [9.17, 15) is 8.42 Å². The van der Waals surface area contributed by atoms with Gasteiger partial charge in [-0.15, -0.1) is 11.3 Å². The number of aryl methyl sites for hydroxylation is 1. The Kier molecular flexibility index (Phi) is 7.11. The first-order chi connectivity index (χ1) is 13.4. The van der Waals surface area contributed by atoms with Gasteiger partial charge in [0.1, 0.15) is 4.21 Å². The minimum atomic E-state index is -3.51. The summed E-state index contributed by atoms with van der Waals surface area (Å²) >= 11 is 1.34. The van der Waals surface area contributed by atoms with Crippen molar-refractivity contribution >= 4 is 27.0 Å². The minimum absolute atomic E-state index is 0.0273. The van der Waals surface area contributed by atoms with Crippen LogP contribution in [0, 0.1) is 0 Å². The van der Waals surface area contributed by atoms with E-state index in [1.54, 1.807) is 6.07 Å². The van der Waals surface area contributed by atoms with Crippen molar-refractivity contribution in [3.63, 3.8) is 0 Å². The van der Waals surface area contributed by atoms with Gasteiger partial charge in [0.25, 0.3) is 0 Å². The molecule has 1 aliphatic rings. The quantitative estimate of drug-likeness (QED) is 0.707. The van der Waals surface area contributed by atoms with Crippen LogP contribution in [0.15, 0.2) is 40.6 Å². The number of thiophene rings is 1. The maximum Gasteiger partial charge on any atom is 0.250 e. The van der Waals surface area contributed by atoms with Crippen molar-refractivity contribution in [3.05, 3.63) is 46.8 Å². The molecule has 2 aromatic rings. The number of hydrogen-bond donors (Lipinski definition) is 1. The monoisotopic (exact) mass is 423 g/mol. The van der Waals surface area contributed by atoms with Crippen LogP contribution in [0.1, 0.15) is 23.4 Å². The lowest BCUT2D eigenvalue weighted by molar-refractivity contribution is 0.0172. The molecular formula is C20H29N3O3S2. The fraction of sp³-hybridized carbons (Fsp3) is 0.500. The molecule has 0 aliphatic carbocycles. The lowest BCUT2D eigenvalue weighted by atomic mass is 10.0. The summed E-state index contributed by atoms with van der Waals surface area (Å²) in [5, 5.41) is 0. The van der Waals surface area contributed by atoms with E-state index in [4.69, 9.17) is 4.74 Å². The first-order valence-electron chi connectivity index (χ1n) is 9.58. The van der Waals surface area contributed by atoms with Gasteiger partial charge in [-0.2, -0.15) is 0 Å². The van der Waals surface area contributed by atoms with Gasteiger partial charge in [-0.05, 0) is 36.2 Å². The second-order valence-corrected chi connectivity index (χ2v) is 10.2. The SMILES string of the molecule is CCc1ccc(S(=O)(=O)NCC(c2ccc(N(C)C)cc2)N2CCOCC2)s1.